The van der Waals surface area contributed by atoms with Crippen molar-refractivity contribution in [2.24, 2.45) is 0 Å². The molecule has 2 amide bonds. The number of pyridine rings is 1. The number of rotatable bonds is 5. The maximum absolute atomic E-state index is 14.4. The average Bonchev–Trinajstić information content (AvgIpc) is 2.73. The highest BCUT2D eigenvalue weighted by atomic mass is 35.5. The van der Waals surface area contributed by atoms with Crippen LogP contribution in [0.3, 0.4) is 0 Å². The third-order valence-corrected chi connectivity index (χ3v) is 4.97. The molecular formula is C22H18ClF4N3O. The number of nitrogens with zero attached hydrogens (tertiary/aromatic N) is 1. The summed E-state index contributed by atoms with van der Waals surface area (Å²) in [7, 11) is 1.37. The average molecular weight is 452 g/mol. The number of benzene rings is 2. The van der Waals surface area contributed by atoms with Crippen LogP contribution in [0.2, 0.25) is 5.02 Å². The standard InChI is InChI=1S/C22H18ClF4N3O/c1-28-20(31)30-21(12-14-5-3-2-4-6-14,19-8-7-17(23)13-29-19)15-9-16(22(25,26)27)11-18(24)10-15/h2-11,13H,12H2,1H3,(H2,28,30,31)/t21-/m0/s1. The van der Waals surface area contributed by atoms with Gasteiger partial charge in [0, 0.05) is 19.7 Å². The summed E-state index contributed by atoms with van der Waals surface area (Å²) in [5.74, 6) is -1.09. The van der Waals surface area contributed by atoms with E-state index in [0.717, 1.165) is 12.1 Å². The Morgan fingerprint density at radius 2 is 1.71 bits per heavy atom. The molecule has 31 heavy (non-hydrogen) atoms. The fourth-order valence-corrected chi connectivity index (χ4v) is 3.42. The molecule has 0 bridgehead atoms. The van der Waals surface area contributed by atoms with Crippen molar-refractivity contribution in [3.63, 3.8) is 0 Å². The lowest BCUT2D eigenvalue weighted by atomic mass is 9.80. The van der Waals surface area contributed by atoms with Gasteiger partial charge in [0.25, 0.3) is 0 Å². The zero-order chi connectivity index (χ0) is 22.6. The summed E-state index contributed by atoms with van der Waals surface area (Å²) in [5.41, 5.74) is -2.01. The van der Waals surface area contributed by atoms with E-state index in [4.69, 9.17) is 11.6 Å². The van der Waals surface area contributed by atoms with Crippen LogP contribution in [0.1, 0.15) is 22.4 Å². The Morgan fingerprint density at radius 1 is 1.03 bits per heavy atom. The van der Waals surface area contributed by atoms with E-state index in [1.807, 2.05) is 0 Å². The molecule has 2 N–H and O–H groups in total. The second-order valence-corrected chi connectivity index (χ2v) is 7.30. The van der Waals surface area contributed by atoms with E-state index in [9.17, 15) is 22.4 Å². The van der Waals surface area contributed by atoms with E-state index in [-0.39, 0.29) is 17.7 Å². The number of carbonyl (C=O) groups excluding carboxylic acids is 1. The molecule has 3 rings (SSSR count). The van der Waals surface area contributed by atoms with E-state index in [2.05, 4.69) is 15.6 Å². The number of carbonyl (C=O) groups is 1. The summed E-state index contributed by atoms with van der Waals surface area (Å²) in [6.07, 6.45) is -3.46. The Bertz CT molecular complexity index is 1060. The van der Waals surface area contributed by atoms with Gasteiger partial charge in [-0.2, -0.15) is 13.2 Å². The maximum atomic E-state index is 14.4. The summed E-state index contributed by atoms with van der Waals surface area (Å²) in [6.45, 7) is 0. The minimum absolute atomic E-state index is 0.0106. The lowest BCUT2D eigenvalue weighted by Gasteiger charge is -2.35. The van der Waals surface area contributed by atoms with Gasteiger partial charge in [-0.3, -0.25) is 4.98 Å². The van der Waals surface area contributed by atoms with E-state index < -0.39 is 29.1 Å². The van der Waals surface area contributed by atoms with Gasteiger partial charge in [0.2, 0.25) is 0 Å². The third-order valence-electron chi connectivity index (χ3n) is 4.75. The normalized spacial score (nSPS) is 13.4. The zero-order valence-corrected chi connectivity index (χ0v) is 17.1. The fourth-order valence-electron chi connectivity index (χ4n) is 3.31. The molecule has 0 saturated carbocycles. The largest absolute Gasteiger partial charge is 0.416 e. The molecule has 1 aromatic heterocycles. The predicted octanol–water partition coefficient (Wildman–Crippen LogP) is 5.31. The van der Waals surface area contributed by atoms with Gasteiger partial charge in [-0.05, 0) is 41.5 Å². The summed E-state index contributed by atoms with van der Waals surface area (Å²) in [4.78, 5) is 16.7. The molecule has 0 aliphatic carbocycles. The van der Waals surface area contributed by atoms with Crippen LogP contribution in [0.25, 0.3) is 0 Å². The van der Waals surface area contributed by atoms with E-state index >= 15 is 0 Å². The van der Waals surface area contributed by atoms with Crippen molar-refractivity contribution in [1.29, 1.82) is 0 Å². The van der Waals surface area contributed by atoms with Gasteiger partial charge in [-0.25, -0.2) is 9.18 Å². The lowest BCUT2D eigenvalue weighted by molar-refractivity contribution is -0.137. The number of hydrogen-bond acceptors (Lipinski definition) is 2. The molecule has 1 atom stereocenters. The molecule has 0 radical (unpaired) electrons. The first-order valence-corrected chi connectivity index (χ1v) is 9.56. The van der Waals surface area contributed by atoms with Crippen molar-refractivity contribution in [3.8, 4) is 0 Å². The molecule has 3 aromatic rings. The van der Waals surface area contributed by atoms with Crippen LogP contribution < -0.4 is 10.6 Å². The lowest BCUT2D eigenvalue weighted by Crippen LogP contribution is -2.52. The Balaban J connectivity index is 2.31. The van der Waals surface area contributed by atoms with Gasteiger partial charge >= 0.3 is 12.2 Å². The van der Waals surface area contributed by atoms with E-state index in [1.54, 1.807) is 30.3 Å². The van der Waals surface area contributed by atoms with Gasteiger partial charge in [0.1, 0.15) is 11.4 Å². The number of aromatic nitrogens is 1. The maximum Gasteiger partial charge on any atom is 0.416 e. The molecule has 2 aromatic carbocycles. The topological polar surface area (TPSA) is 54.0 Å². The molecule has 0 saturated heterocycles. The van der Waals surface area contributed by atoms with Gasteiger partial charge in [0.05, 0.1) is 16.3 Å². The Labute approximate surface area is 181 Å². The van der Waals surface area contributed by atoms with E-state index in [0.29, 0.717) is 16.7 Å². The van der Waals surface area contributed by atoms with Crippen LogP contribution in [0, 0.1) is 5.82 Å². The highest BCUT2D eigenvalue weighted by Gasteiger charge is 2.40. The summed E-state index contributed by atoms with van der Waals surface area (Å²) < 4.78 is 54.7. The van der Waals surface area contributed by atoms with Crippen molar-refractivity contribution in [2.75, 3.05) is 7.05 Å². The minimum Gasteiger partial charge on any atom is -0.341 e. The van der Waals surface area contributed by atoms with E-state index in [1.165, 1.54) is 25.4 Å². The molecule has 0 aliphatic heterocycles. The van der Waals surface area contributed by atoms with Crippen molar-refractivity contribution in [3.05, 3.63) is 100 Å². The van der Waals surface area contributed by atoms with Crippen molar-refractivity contribution >= 4 is 17.6 Å². The van der Waals surface area contributed by atoms with Gasteiger partial charge < -0.3 is 10.6 Å². The molecule has 0 unspecified atom stereocenters. The summed E-state index contributed by atoms with van der Waals surface area (Å²) in [6, 6.07) is 13.3. The van der Waals surface area contributed by atoms with Gasteiger partial charge in [0.15, 0.2) is 0 Å². The molecule has 9 heteroatoms. The van der Waals surface area contributed by atoms with Crippen LogP contribution in [0.4, 0.5) is 22.4 Å². The minimum atomic E-state index is -4.78. The van der Waals surface area contributed by atoms with Crippen LogP contribution in [0.5, 0.6) is 0 Å². The van der Waals surface area contributed by atoms with Crippen LogP contribution >= 0.6 is 11.6 Å². The van der Waals surface area contributed by atoms with Crippen molar-refractivity contribution in [2.45, 2.75) is 18.1 Å². The SMILES string of the molecule is CNC(=O)N[C@@](Cc1ccccc1)(c1cc(F)cc(C(F)(F)F)c1)c1ccc(Cl)cn1. The Morgan fingerprint density at radius 3 is 2.29 bits per heavy atom. The van der Waals surface area contributed by atoms with Gasteiger partial charge in [-0.1, -0.05) is 41.9 Å². The second kappa shape index (κ2) is 8.93. The fraction of sp³-hybridized carbons (Fsp3) is 0.182. The molecule has 0 fully saturated rings. The third kappa shape index (κ3) is 5.14. The first-order valence-electron chi connectivity index (χ1n) is 9.18. The first kappa shape index (κ1) is 22.6. The monoisotopic (exact) mass is 451 g/mol. The van der Waals surface area contributed by atoms with Gasteiger partial charge in [-0.15, -0.1) is 0 Å². The quantitative estimate of drug-likeness (QED) is 0.517. The highest BCUT2D eigenvalue weighted by Crippen LogP contribution is 2.37. The van der Waals surface area contributed by atoms with Crippen LogP contribution in [-0.4, -0.2) is 18.1 Å². The highest BCUT2D eigenvalue weighted by molar-refractivity contribution is 6.30. The molecule has 1 heterocycles. The zero-order valence-electron chi connectivity index (χ0n) is 16.3. The summed E-state index contributed by atoms with van der Waals surface area (Å²) in [5, 5.41) is 5.39. The number of nitrogens with one attached hydrogen (secondary N) is 2. The molecule has 162 valence electrons. The van der Waals surface area contributed by atoms with Crippen molar-refractivity contribution in [1.82, 2.24) is 15.6 Å². The summed E-state index contributed by atoms with van der Waals surface area (Å²) >= 11 is 5.94. The predicted molar refractivity (Wildman–Crippen MR) is 109 cm³/mol. The van der Waals surface area contributed by atoms with Crippen LogP contribution in [0.15, 0.2) is 66.9 Å². The molecule has 4 nitrogen and oxygen atoms in total. The smallest absolute Gasteiger partial charge is 0.341 e. The number of urea groups is 1. The molecule has 0 spiro atoms. The first-order chi connectivity index (χ1) is 14.6. The molecule has 0 aliphatic rings. The number of alkyl halides is 3. The van der Waals surface area contributed by atoms with Crippen LogP contribution in [-0.2, 0) is 18.1 Å². The Kier molecular flexibility index (Phi) is 6.50. The number of halogens is 5. The second-order valence-electron chi connectivity index (χ2n) is 6.86. The Hall–Kier alpha value is -3.13. The number of amides is 2. The number of hydrogen-bond donors (Lipinski definition) is 2. The van der Waals surface area contributed by atoms with Crippen molar-refractivity contribution < 1.29 is 22.4 Å². The molecular weight excluding hydrogens is 434 g/mol.